The van der Waals surface area contributed by atoms with E-state index in [0.29, 0.717) is 12.2 Å². The second-order valence-electron chi connectivity index (χ2n) is 5.81. The molecule has 6 nitrogen and oxygen atoms in total. The third-order valence-electron chi connectivity index (χ3n) is 4.47. The highest BCUT2D eigenvalue weighted by atomic mass is 31.2. The minimum atomic E-state index is -4.04. The van der Waals surface area contributed by atoms with Crippen LogP contribution in [0.3, 0.4) is 0 Å². The van der Waals surface area contributed by atoms with Gasteiger partial charge >= 0.3 is 7.60 Å². The Morgan fingerprint density at radius 2 is 2.10 bits per heavy atom. The maximum absolute atomic E-state index is 11.0. The van der Waals surface area contributed by atoms with Crippen molar-refractivity contribution in [1.29, 1.82) is 0 Å². The van der Waals surface area contributed by atoms with Crippen molar-refractivity contribution in [3.8, 4) is 5.75 Å². The summed E-state index contributed by atoms with van der Waals surface area (Å²) in [6.45, 7) is -0.0994. The number of para-hydroxylation sites is 1. The van der Waals surface area contributed by atoms with Gasteiger partial charge in [-0.2, -0.15) is 0 Å². The number of hydrogen-bond acceptors (Lipinski definition) is 4. The van der Waals surface area contributed by atoms with Crippen LogP contribution in [0.1, 0.15) is 23.5 Å². The van der Waals surface area contributed by atoms with Crippen molar-refractivity contribution in [1.82, 2.24) is 0 Å². The van der Waals surface area contributed by atoms with E-state index in [1.165, 1.54) is 0 Å². The summed E-state index contributed by atoms with van der Waals surface area (Å²) in [6, 6.07) is 5.54. The van der Waals surface area contributed by atoms with Crippen molar-refractivity contribution in [2.75, 3.05) is 12.8 Å². The number of aliphatic hydroxyl groups excluding tert-OH is 2. The standard InChI is InChI=1S/C14H19O6P/c15-7-10-11(16)6-12-13(10)9-3-1-2-8(14(9)20-12)4-5-21(17,18)19/h1-3,10-13,15-16H,4-7H2,(H2,17,18,19)/t10-,11+,12-,13+/m0/s1. The molecule has 1 saturated carbocycles. The van der Waals surface area contributed by atoms with Gasteiger partial charge in [0, 0.05) is 30.4 Å². The van der Waals surface area contributed by atoms with Gasteiger partial charge in [-0.1, -0.05) is 18.2 Å². The zero-order chi connectivity index (χ0) is 15.2. The van der Waals surface area contributed by atoms with Crippen LogP contribution in [-0.2, 0) is 11.0 Å². The summed E-state index contributed by atoms with van der Waals surface area (Å²) < 4.78 is 16.9. The van der Waals surface area contributed by atoms with E-state index in [1.807, 2.05) is 12.1 Å². The molecule has 0 bridgehead atoms. The van der Waals surface area contributed by atoms with E-state index in [-0.39, 0.29) is 37.1 Å². The lowest BCUT2D eigenvalue weighted by Crippen LogP contribution is -2.22. The first-order valence-corrected chi connectivity index (χ1v) is 8.82. The Bertz CT molecular complexity index is 583. The molecule has 21 heavy (non-hydrogen) atoms. The van der Waals surface area contributed by atoms with Gasteiger partial charge in [-0.15, -0.1) is 0 Å². The average Bonchev–Trinajstić information content (AvgIpc) is 2.90. The molecule has 116 valence electrons. The predicted octanol–water partition coefficient (Wildman–Crippen LogP) is 0.624. The Kier molecular flexibility index (Phi) is 3.84. The van der Waals surface area contributed by atoms with E-state index in [4.69, 9.17) is 14.5 Å². The topological polar surface area (TPSA) is 107 Å². The fourth-order valence-electron chi connectivity index (χ4n) is 3.49. The zero-order valence-electron chi connectivity index (χ0n) is 11.4. The second kappa shape index (κ2) is 5.38. The highest BCUT2D eigenvalue weighted by molar-refractivity contribution is 7.51. The molecule has 2 aliphatic rings. The van der Waals surface area contributed by atoms with E-state index >= 15 is 0 Å². The molecule has 1 aliphatic heterocycles. The summed E-state index contributed by atoms with van der Waals surface area (Å²) in [5.41, 5.74) is 1.70. The van der Waals surface area contributed by atoms with Crippen molar-refractivity contribution >= 4 is 7.60 Å². The molecule has 1 aromatic rings. The zero-order valence-corrected chi connectivity index (χ0v) is 12.3. The molecule has 4 N–H and O–H groups in total. The lowest BCUT2D eigenvalue weighted by molar-refractivity contribution is 0.0832. The highest BCUT2D eigenvalue weighted by Gasteiger charge is 2.49. The summed E-state index contributed by atoms with van der Waals surface area (Å²) in [5.74, 6) is 0.384. The molecule has 4 atom stereocenters. The van der Waals surface area contributed by atoms with E-state index in [0.717, 1.165) is 11.1 Å². The SMILES string of the molecule is O=P(O)(O)CCc1cccc2c1O[C@H]1C[C@@H](O)[C@H](CO)[C@@H]21. The number of rotatable bonds is 4. The molecule has 0 aromatic heterocycles. The number of aliphatic hydroxyl groups is 2. The monoisotopic (exact) mass is 314 g/mol. The van der Waals surface area contributed by atoms with Crippen molar-refractivity contribution in [3.05, 3.63) is 29.3 Å². The summed E-state index contributed by atoms with van der Waals surface area (Å²) >= 11 is 0. The van der Waals surface area contributed by atoms with Gasteiger partial charge in [0.25, 0.3) is 0 Å². The number of ether oxygens (including phenoxy) is 1. The maximum Gasteiger partial charge on any atom is 0.325 e. The van der Waals surface area contributed by atoms with Gasteiger partial charge in [-0.3, -0.25) is 4.57 Å². The molecular weight excluding hydrogens is 295 g/mol. The van der Waals surface area contributed by atoms with Crippen LogP contribution in [0.5, 0.6) is 5.75 Å². The molecule has 0 spiro atoms. The Balaban J connectivity index is 1.89. The van der Waals surface area contributed by atoms with E-state index in [9.17, 15) is 14.8 Å². The predicted molar refractivity (Wildman–Crippen MR) is 75.4 cm³/mol. The number of fused-ring (bicyclic) bond motifs is 3. The third kappa shape index (κ3) is 2.74. The van der Waals surface area contributed by atoms with Crippen molar-refractivity contribution in [3.63, 3.8) is 0 Å². The fraction of sp³-hybridized carbons (Fsp3) is 0.571. The second-order valence-corrected chi connectivity index (χ2v) is 7.58. The van der Waals surface area contributed by atoms with Gasteiger partial charge < -0.3 is 24.7 Å². The lowest BCUT2D eigenvalue weighted by atomic mass is 9.87. The van der Waals surface area contributed by atoms with Gasteiger partial charge in [0.2, 0.25) is 0 Å². The first kappa shape index (κ1) is 15.0. The van der Waals surface area contributed by atoms with Gasteiger partial charge in [0.05, 0.1) is 12.3 Å². The molecule has 0 radical (unpaired) electrons. The van der Waals surface area contributed by atoms with Crippen LogP contribution in [0.15, 0.2) is 18.2 Å². The minimum absolute atomic E-state index is 0.0463. The number of hydrogen-bond donors (Lipinski definition) is 4. The van der Waals surface area contributed by atoms with Gasteiger partial charge in [0.1, 0.15) is 11.9 Å². The first-order chi connectivity index (χ1) is 9.90. The van der Waals surface area contributed by atoms with Crippen LogP contribution in [0.2, 0.25) is 0 Å². The maximum atomic E-state index is 11.0. The van der Waals surface area contributed by atoms with Crippen molar-refractivity contribution in [2.45, 2.75) is 31.0 Å². The van der Waals surface area contributed by atoms with Gasteiger partial charge in [-0.05, 0) is 12.0 Å². The normalized spacial score (nSPS) is 30.9. The molecule has 1 aliphatic carbocycles. The first-order valence-electron chi connectivity index (χ1n) is 7.02. The molecule has 0 amide bonds. The molecule has 1 fully saturated rings. The fourth-order valence-corrected chi connectivity index (χ4v) is 4.02. The highest BCUT2D eigenvalue weighted by Crippen LogP contribution is 2.51. The average molecular weight is 314 g/mol. The molecule has 1 heterocycles. The van der Waals surface area contributed by atoms with Crippen LogP contribution in [0.4, 0.5) is 0 Å². The van der Waals surface area contributed by atoms with Crippen LogP contribution in [0.25, 0.3) is 0 Å². The van der Waals surface area contributed by atoms with Gasteiger partial charge in [-0.25, -0.2) is 0 Å². The van der Waals surface area contributed by atoms with Crippen molar-refractivity contribution in [2.24, 2.45) is 5.92 Å². The summed E-state index contributed by atoms with van der Waals surface area (Å²) in [6.07, 6.45) is -0.226. The molecule has 0 unspecified atom stereocenters. The Morgan fingerprint density at radius 1 is 1.33 bits per heavy atom. The largest absolute Gasteiger partial charge is 0.489 e. The molecule has 1 aromatic carbocycles. The van der Waals surface area contributed by atoms with Crippen LogP contribution in [0, 0.1) is 5.92 Å². The number of aryl methyl sites for hydroxylation is 1. The Morgan fingerprint density at radius 3 is 2.76 bits per heavy atom. The molecule has 7 heteroatoms. The lowest BCUT2D eigenvalue weighted by Gasteiger charge is -2.18. The summed E-state index contributed by atoms with van der Waals surface area (Å²) in [4.78, 5) is 18.0. The van der Waals surface area contributed by atoms with E-state index < -0.39 is 13.7 Å². The quantitative estimate of drug-likeness (QED) is 0.607. The van der Waals surface area contributed by atoms with E-state index in [2.05, 4.69) is 0 Å². The Hall–Kier alpha value is -0.910. The smallest absolute Gasteiger partial charge is 0.325 e. The van der Waals surface area contributed by atoms with Crippen LogP contribution < -0.4 is 4.74 Å². The van der Waals surface area contributed by atoms with Gasteiger partial charge in [0.15, 0.2) is 0 Å². The van der Waals surface area contributed by atoms with Crippen LogP contribution in [-0.4, -0.2) is 45.0 Å². The Labute approximate surface area is 122 Å². The number of benzene rings is 1. The van der Waals surface area contributed by atoms with Crippen molar-refractivity contribution < 1.29 is 29.3 Å². The molecule has 3 rings (SSSR count). The van der Waals surface area contributed by atoms with E-state index in [1.54, 1.807) is 6.07 Å². The third-order valence-corrected chi connectivity index (χ3v) is 5.27. The molecular formula is C14H19O6P. The molecule has 0 saturated heterocycles. The summed E-state index contributed by atoms with van der Waals surface area (Å²) in [5, 5.41) is 19.4. The van der Waals surface area contributed by atoms with Crippen LogP contribution >= 0.6 is 7.60 Å². The minimum Gasteiger partial charge on any atom is -0.489 e. The summed E-state index contributed by atoms with van der Waals surface area (Å²) in [7, 11) is -4.04.